The second kappa shape index (κ2) is 11.4. The van der Waals surface area contributed by atoms with E-state index >= 15 is 4.39 Å². The van der Waals surface area contributed by atoms with Crippen LogP contribution in [0.2, 0.25) is 0 Å². The Kier molecular flexibility index (Phi) is 8.32. The molecule has 35 heavy (non-hydrogen) atoms. The average molecular weight is 489 g/mol. The van der Waals surface area contributed by atoms with Crippen molar-refractivity contribution in [3.8, 4) is 5.75 Å². The lowest BCUT2D eigenvalue weighted by molar-refractivity contribution is -0.274. The van der Waals surface area contributed by atoms with Crippen LogP contribution in [-0.2, 0) is 17.6 Å². The average Bonchev–Trinajstić information content (AvgIpc) is 2.84. The monoisotopic (exact) mass is 488 g/mol. The summed E-state index contributed by atoms with van der Waals surface area (Å²) in [6, 6.07) is 15.7. The van der Waals surface area contributed by atoms with E-state index in [1.165, 1.54) is 49.8 Å². The van der Waals surface area contributed by atoms with E-state index < -0.39 is 6.36 Å². The third kappa shape index (κ3) is 6.97. The highest BCUT2D eigenvalue weighted by Crippen LogP contribution is 2.38. The number of benzene rings is 3. The quantitative estimate of drug-likeness (QED) is 0.223. The van der Waals surface area contributed by atoms with Gasteiger partial charge in [0.05, 0.1) is 0 Å². The zero-order chi connectivity index (χ0) is 24.8. The van der Waals surface area contributed by atoms with Crippen LogP contribution in [0.1, 0.15) is 61.1 Å². The summed E-state index contributed by atoms with van der Waals surface area (Å²) < 4.78 is 61.3. The molecule has 1 aliphatic carbocycles. The molecule has 1 aliphatic rings. The van der Waals surface area contributed by atoms with Crippen LogP contribution >= 0.6 is 0 Å². The van der Waals surface area contributed by atoms with Gasteiger partial charge in [-0.2, -0.15) is 0 Å². The summed E-state index contributed by atoms with van der Waals surface area (Å²) in [6.45, 7) is 0.835. The normalized spacial score (nSPS) is 18.7. The first-order chi connectivity index (χ1) is 16.8. The van der Waals surface area contributed by atoms with E-state index in [0.717, 1.165) is 29.9 Å². The lowest BCUT2D eigenvalue weighted by Gasteiger charge is -2.29. The molecule has 0 spiro atoms. The molecule has 0 unspecified atom stereocenters. The van der Waals surface area contributed by atoms with E-state index in [4.69, 9.17) is 4.74 Å². The summed E-state index contributed by atoms with van der Waals surface area (Å²) in [5.41, 5.74) is 2.73. The van der Waals surface area contributed by atoms with Gasteiger partial charge in [0, 0.05) is 19.1 Å². The largest absolute Gasteiger partial charge is 0.573 e. The van der Waals surface area contributed by atoms with Crippen LogP contribution in [-0.4, -0.2) is 20.1 Å². The number of ether oxygens (including phenoxy) is 2. The maximum atomic E-state index is 15.2. The van der Waals surface area contributed by atoms with Crippen LogP contribution in [0.3, 0.4) is 0 Å². The highest BCUT2D eigenvalue weighted by Gasteiger charge is 2.31. The summed E-state index contributed by atoms with van der Waals surface area (Å²) >= 11 is 0. The van der Waals surface area contributed by atoms with Crippen molar-refractivity contribution in [2.75, 3.05) is 13.7 Å². The van der Waals surface area contributed by atoms with Crippen LogP contribution in [0.4, 0.5) is 17.6 Å². The third-order valence-corrected chi connectivity index (χ3v) is 7.18. The molecule has 3 aromatic carbocycles. The molecule has 0 aromatic heterocycles. The Morgan fingerprint density at radius 1 is 0.886 bits per heavy atom. The van der Waals surface area contributed by atoms with E-state index in [2.05, 4.69) is 16.9 Å². The Balaban J connectivity index is 1.37. The molecule has 188 valence electrons. The van der Waals surface area contributed by atoms with Gasteiger partial charge in [-0.15, -0.1) is 13.2 Å². The minimum absolute atomic E-state index is 0.215. The minimum atomic E-state index is -4.71. The molecule has 0 bridgehead atoms. The predicted octanol–water partition coefficient (Wildman–Crippen LogP) is 8.36. The van der Waals surface area contributed by atoms with Crippen molar-refractivity contribution in [3.63, 3.8) is 0 Å². The first-order valence-electron chi connectivity index (χ1n) is 12.4. The first kappa shape index (κ1) is 25.5. The molecule has 4 rings (SSSR count). The van der Waals surface area contributed by atoms with Gasteiger partial charge in [-0.1, -0.05) is 42.5 Å². The van der Waals surface area contributed by atoms with E-state index in [0.29, 0.717) is 29.7 Å². The zero-order valence-electron chi connectivity index (χ0n) is 20.0. The van der Waals surface area contributed by atoms with Crippen LogP contribution in [0.5, 0.6) is 5.75 Å². The number of methoxy groups -OCH3 is 1. The number of aryl methyl sites for hydroxylation is 2. The van der Waals surface area contributed by atoms with Crippen LogP contribution in [0.25, 0.3) is 10.8 Å². The summed E-state index contributed by atoms with van der Waals surface area (Å²) in [7, 11) is 1.75. The number of fused-ring (bicyclic) bond motifs is 1. The van der Waals surface area contributed by atoms with Crippen LogP contribution < -0.4 is 4.74 Å². The Hall–Kier alpha value is -2.60. The second-order valence-electron chi connectivity index (χ2n) is 9.56. The SMILES string of the molecule is COCCCC1CCC(c2ccc3c(F)c(CCc4ccc(OC(F)(F)F)cc4)ccc3c2)CC1. The fourth-order valence-corrected chi connectivity index (χ4v) is 5.24. The molecule has 0 saturated heterocycles. The van der Waals surface area contributed by atoms with E-state index in [9.17, 15) is 13.2 Å². The van der Waals surface area contributed by atoms with Gasteiger partial charge in [-0.25, -0.2) is 4.39 Å². The number of rotatable bonds is 9. The zero-order valence-corrected chi connectivity index (χ0v) is 20.0. The predicted molar refractivity (Wildman–Crippen MR) is 130 cm³/mol. The van der Waals surface area contributed by atoms with Crippen molar-refractivity contribution in [2.45, 2.75) is 63.6 Å². The molecule has 0 atom stereocenters. The highest BCUT2D eigenvalue weighted by molar-refractivity contribution is 5.84. The molecule has 6 heteroatoms. The first-order valence-corrected chi connectivity index (χ1v) is 12.4. The molecule has 1 saturated carbocycles. The maximum absolute atomic E-state index is 15.2. The van der Waals surface area contributed by atoms with Crippen LogP contribution in [0.15, 0.2) is 54.6 Å². The summed E-state index contributed by atoms with van der Waals surface area (Å²) in [5, 5.41) is 1.54. The number of halogens is 4. The maximum Gasteiger partial charge on any atom is 0.573 e. The fourth-order valence-electron chi connectivity index (χ4n) is 5.24. The highest BCUT2D eigenvalue weighted by atomic mass is 19.4. The molecular formula is C29H32F4O2. The second-order valence-corrected chi connectivity index (χ2v) is 9.56. The Bertz CT molecular complexity index is 1100. The Morgan fingerprint density at radius 3 is 2.31 bits per heavy atom. The summed E-state index contributed by atoms with van der Waals surface area (Å²) in [4.78, 5) is 0. The fraction of sp³-hybridized carbons (Fsp3) is 0.448. The van der Waals surface area contributed by atoms with Gasteiger partial charge >= 0.3 is 6.36 Å². The Labute approximate surface area is 204 Å². The lowest BCUT2D eigenvalue weighted by Crippen LogP contribution is -2.17. The molecule has 0 aliphatic heterocycles. The van der Waals surface area contributed by atoms with E-state index in [1.807, 2.05) is 18.2 Å². The molecule has 0 heterocycles. The molecule has 2 nitrogen and oxygen atoms in total. The standard InChI is InChI=1S/C29H32F4O2/c1-34-18-2-3-20-4-9-22(10-5-20)24-14-17-27-25(19-24)13-12-23(28(27)30)11-6-21-7-15-26(16-8-21)35-29(31,32)33/h7-8,12-17,19-20,22H,2-6,9-11,18H2,1H3. The van der Waals surface area contributed by atoms with Crippen molar-refractivity contribution >= 4 is 10.8 Å². The molecule has 0 N–H and O–H groups in total. The van der Waals surface area contributed by atoms with Gasteiger partial charge in [-0.3, -0.25) is 0 Å². The van der Waals surface area contributed by atoms with Crippen LogP contribution in [0, 0.1) is 11.7 Å². The van der Waals surface area contributed by atoms with Gasteiger partial charge in [-0.05, 0) is 97.4 Å². The molecule has 1 fully saturated rings. The molecule has 0 amide bonds. The molecule has 0 radical (unpaired) electrons. The van der Waals surface area contributed by atoms with Crippen molar-refractivity contribution in [3.05, 3.63) is 77.1 Å². The number of alkyl halides is 3. The van der Waals surface area contributed by atoms with Gasteiger partial charge in [0.2, 0.25) is 0 Å². The van der Waals surface area contributed by atoms with Gasteiger partial charge in [0.1, 0.15) is 11.6 Å². The summed E-state index contributed by atoms with van der Waals surface area (Å²) in [6.07, 6.45) is 3.48. The van der Waals surface area contributed by atoms with Crippen molar-refractivity contribution in [1.29, 1.82) is 0 Å². The topological polar surface area (TPSA) is 18.5 Å². The van der Waals surface area contributed by atoms with Crippen molar-refractivity contribution in [2.24, 2.45) is 5.92 Å². The minimum Gasteiger partial charge on any atom is -0.406 e. The third-order valence-electron chi connectivity index (χ3n) is 7.18. The lowest BCUT2D eigenvalue weighted by atomic mass is 9.77. The van der Waals surface area contributed by atoms with E-state index in [-0.39, 0.29) is 11.6 Å². The smallest absolute Gasteiger partial charge is 0.406 e. The van der Waals surface area contributed by atoms with E-state index in [1.54, 1.807) is 19.2 Å². The van der Waals surface area contributed by atoms with Crippen molar-refractivity contribution in [1.82, 2.24) is 0 Å². The van der Waals surface area contributed by atoms with Crippen molar-refractivity contribution < 1.29 is 27.0 Å². The van der Waals surface area contributed by atoms with Gasteiger partial charge in [0.25, 0.3) is 0 Å². The molecule has 3 aromatic rings. The van der Waals surface area contributed by atoms with Gasteiger partial charge in [0.15, 0.2) is 0 Å². The number of hydrogen-bond donors (Lipinski definition) is 0. The van der Waals surface area contributed by atoms with Gasteiger partial charge < -0.3 is 9.47 Å². The number of hydrogen-bond acceptors (Lipinski definition) is 2. The summed E-state index contributed by atoms with van der Waals surface area (Å²) in [5.74, 6) is 0.849. The molecular weight excluding hydrogens is 456 g/mol. The Morgan fingerprint density at radius 2 is 1.63 bits per heavy atom.